The molecule has 4 rings (SSSR count). The lowest BCUT2D eigenvalue weighted by atomic mass is 9.48. The summed E-state index contributed by atoms with van der Waals surface area (Å²) in [6.45, 7) is -1.39. The Kier molecular flexibility index (Phi) is 8.39. The summed E-state index contributed by atoms with van der Waals surface area (Å²) in [5.74, 6) is -13.8. The van der Waals surface area contributed by atoms with Crippen molar-refractivity contribution in [1.29, 1.82) is 0 Å². The predicted octanol–water partition coefficient (Wildman–Crippen LogP) is 4.39. The summed E-state index contributed by atoms with van der Waals surface area (Å²) in [4.78, 5) is 25.6. The van der Waals surface area contributed by atoms with Crippen LogP contribution in [0, 0.1) is 17.3 Å². The maximum atomic E-state index is 14.2. The second-order valence-electron chi connectivity index (χ2n) is 9.74. The number of ether oxygens (including phenoxy) is 3. The molecule has 4 saturated carbocycles. The molecule has 2 N–H and O–H groups in total. The predicted molar refractivity (Wildman–Crippen MR) is 106 cm³/mol. The molecule has 4 bridgehead atoms. The molecule has 4 fully saturated rings. The summed E-state index contributed by atoms with van der Waals surface area (Å²) < 4.78 is 114. The molecule has 0 aliphatic heterocycles. The van der Waals surface area contributed by atoms with Gasteiger partial charge in [-0.15, -0.1) is 4.33 Å². The molecule has 214 valence electrons. The highest BCUT2D eigenvalue weighted by atomic mass is 32.2. The van der Waals surface area contributed by atoms with E-state index in [2.05, 4.69) is 23.6 Å². The van der Waals surface area contributed by atoms with Crippen LogP contribution in [0.3, 0.4) is 0 Å². The Balaban J connectivity index is 1.85. The minimum Gasteiger partial charge on any atom is -0.461 e. The van der Waals surface area contributed by atoms with Gasteiger partial charge in [0.25, 0.3) is 0 Å². The van der Waals surface area contributed by atoms with Gasteiger partial charge in [0.2, 0.25) is 0 Å². The maximum absolute atomic E-state index is 14.2. The smallest absolute Gasteiger partial charge is 0.461 e. The van der Waals surface area contributed by atoms with E-state index in [1.807, 2.05) is 0 Å². The largest absolute Gasteiger partial charge is 0.468 e. The molecule has 3 atom stereocenters. The summed E-state index contributed by atoms with van der Waals surface area (Å²) in [5, 5.41) is 16.4. The van der Waals surface area contributed by atoms with E-state index in [0.717, 1.165) is 6.92 Å². The van der Waals surface area contributed by atoms with Crippen molar-refractivity contribution < 1.29 is 74.3 Å². The van der Waals surface area contributed by atoms with Gasteiger partial charge < -0.3 is 19.3 Å². The SMILES string of the molecule is CCOC(=O)C(OCCC(F)(F)C(F)(F)SOOO)(OC(=O)C12CC3CC(CC(O)(C3)C1)C2)C(F)(F)F. The highest BCUT2D eigenvalue weighted by Crippen LogP contribution is 2.62. The summed E-state index contributed by atoms with van der Waals surface area (Å²) in [6, 6.07) is 0. The van der Waals surface area contributed by atoms with Crippen molar-refractivity contribution >= 4 is 24.0 Å². The van der Waals surface area contributed by atoms with Crippen LogP contribution in [-0.4, -0.2) is 64.3 Å². The molecular weight excluding hydrogens is 549 g/mol. The second-order valence-corrected chi connectivity index (χ2v) is 10.6. The summed E-state index contributed by atoms with van der Waals surface area (Å²) in [7, 11) is 0. The zero-order valence-electron chi connectivity index (χ0n) is 19.3. The van der Waals surface area contributed by atoms with Crippen LogP contribution in [-0.2, 0) is 33.2 Å². The lowest BCUT2D eigenvalue weighted by Crippen LogP contribution is -2.63. The van der Waals surface area contributed by atoms with Gasteiger partial charge in [-0.3, -0.25) is 4.79 Å². The number of hydrogen-bond donors (Lipinski definition) is 2. The van der Waals surface area contributed by atoms with Gasteiger partial charge in [0.1, 0.15) is 12.0 Å². The van der Waals surface area contributed by atoms with Crippen molar-refractivity contribution in [3.05, 3.63) is 0 Å². The van der Waals surface area contributed by atoms with Crippen LogP contribution in [0.25, 0.3) is 0 Å². The third-order valence-corrected chi connectivity index (χ3v) is 7.57. The van der Waals surface area contributed by atoms with Gasteiger partial charge in [-0.25, -0.2) is 10.1 Å². The van der Waals surface area contributed by atoms with Gasteiger partial charge in [-0.2, -0.15) is 30.7 Å². The van der Waals surface area contributed by atoms with Gasteiger partial charge in [0.15, 0.2) is 0 Å². The van der Waals surface area contributed by atoms with E-state index in [1.54, 1.807) is 0 Å². The fourth-order valence-electron chi connectivity index (χ4n) is 5.89. The van der Waals surface area contributed by atoms with Crippen LogP contribution in [0.5, 0.6) is 0 Å². The van der Waals surface area contributed by atoms with Gasteiger partial charge in [0.05, 0.1) is 24.2 Å². The first-order valence-electron chi connectivity index (χ1n) is 11.2. The van der Waals surface area contributed by atoms with Crippen molar-refractivity contribution in [3.63, 3.8) is 0 Å². The minimum absolute atomic E-state index is 0.0792. The average Bonchev–Trinajstić information content (AvgIpc) is 2.74. The number of carbonyl (C=O) groups excluding carboxylic acids is 2. The number of aliphatic hydroxyl groups is 1. The van der Waals surface area contributed by atoms with Crippen molar-refractivity contribution in [1.82, 2.24) is 0 Å². The first kappa shape index (κ1) is 30.1. The highest BCUT2D eigenvalue weighted by molar-refractivity contribution is 7.95. The van der Waals surface area contributed by atoms with E-state index in [9.17, 15) is 45.4 Å². The number of halogens is 7. The number of carbonyl (C=O) groups is 2. The molecule has 0 radical (unpaired) electrons. The Morgan fingerprint density at radius 3 is 2.11 bits per heavy atom. The molecule has 0 spiro atoms. The Hall–Kier alpha value is -1.40. The number of hydrogen-bond acceptors (Lipinski definition) is 10. The molecule has 0 aromatic heterocycles. The fraction of sp³-hybridized carbons (Fsp3) is 0.900. The van der Waals surface area contributed by atoms with Gasteiger partial charge >= 0.3 is 35.1 Å². The second kappa shape index (κ2) is 10.3. The topological polar surface area (TPSA) is 121 Å². The molecule has 17 heteroatoms. The Morgan fingerprint density at radius 2 is 1.62 bits per heavy atom. The molecular formula is C20H25F7O9S. The normalized spacial score (nSPS) is 31.2. The lowest BCUT2D eigenvalue weighted by molar-refractivity contribution is -0.434. The Bertz CT molecular complexity index is 858. The van der Waals surface area contributed by atoms with E-state index < -0.39 is 77.8 Å². The quantitative estimate of drug-likeness (QED) is 0.0868. The lowest BCUT2D eigenvalue weighted by Gasteiger charge is -2.59. The van der Waals surface area contributed by atoms with Crippen LogP contribution in [0.1, 0.15) is 51.9 Å². The van der Waals surface area contributed by atoms with E-state index in [4.69, 9.17) is 5.26 Å². The molecule has 0 saturated heterocycles. The molecule has 37 heavy (non-hydrogen) atoms. The zero-order chi connectivity index (χ0) is 27.9. The molecule has 0 heterocycles. The van der Waals surface area contributed by atoms with Crippen molar-refractivity contribution in [2.45, 2.75) is 80.6 Å². The number of rotatable bonds is 12. The molecule has 4 aliphatic rings. The van der Waals surface area contributed by atoms with Crippen LogP contribution in [0.15, 0.2) is 0 Å². The molecule has 0 aromatic carbocycles. The molecule has 0 amide bonds. The number of esters is 2. The van der Waals surface area contributed by atoms with E-state index in [1.165, 1.54) is 0 Å². The minimum atomic E-state index is -5.87. The number of alkyl halides is 7. The fourth-order valence-corrected chi connectivity index (χ4v) is 6.23. The first-order chi connectivity index (χ1) is 16.9. The van der Waals surface area contributed by atoms with Crippen molar-refractivity contribution in [2.75, 3.05) is 13.2 Å². The van der Waals surface area contributed by atoms with E-state index in [-0.39, 0.29) is 31.1 Å². The third-order valence-electron chi connectivity index (χ3n) is 6.93. The highest BCUT2D eigenvalue weighted by Gasteiger charge is 2.71. The molecule has 4 aliphatic carbocycles. The molecule has 3 unspecified atom stereocenters. The standard InChI is InChI=1S/C20H25F7O9S/c1-2-32-14(29)18(19(23,24)25,33-4-3-17(21,22)20(26,27)37-36-35-31)34-13(28)15-6-11-5-12(7-15)9-16(30,8-11)10-15/h11-12,30-31H,2-10H2,1H3. The molecule has 9 nitrogen and oxygen atoms in total. The monoisotopic (exact) mass is 574 g/mol. The van der Waals surface area contributed by atoms with Crippen LogP contribution in [0.2, 0.25) is 0 Å². The van der Waals surface area contributed by atoms with Crippen LogP contribution >= 0.6 is 12.0 Å². The Morgan fingerprint density at radius 1 is 1.03 bits per heavy atom. The Labute approximate surface area is 209 Å². The van der Waals surface area contributed by atoms with E-state index >= 15 is 0 Å². The molecule has 0 aromatic rings. The first-order valence-corrected chi connectivity index (χ1v) is 11.9. The zero-order valence-corrected chi connectivity index (χ0v) is 20.1. The summed E-state index contributed by atoms with van der Waals surface area (Å²) >= 11 is -1.33. The van der Waals surface area contributed by atoms with Crippen molar-refractivity contribution in [3.8, 4) is 0 Å². The van der Waals surface area contributed by atoms with Gasteiger partial charge in [0, 0.05) is 6.42 Å². The van der Waals surface area contributed by atoms with Gasteiger partial charge in [-0.1, -0.05) is 5.04 Å². The average molecular weight is 574 g/mol. The third kappa shape index (κ3) is 5.80. The summed E-state index contributed by atoms with van der Waals surface area (Å²) in [6.07, 6.45) is -6.68. The summed E-state index contributed by atoms with van der Waals surface area (Å²) in [5.41, 5.74) is -2.89. The van der Waals surface area contributed by atoms with Crippen molar-refractivity contribution in [2.24, 2.45) is 17.3 Å². The van der Waals surface area contributed by atoms with Gasteiger partial charge in [-0.05, 0) is 57.3 Å². The van der Waals surface area contributed by atoms with E-state index in [0.29, 0.717) is 19.3 Å². The maximum Gasteiger partial charge on any atom is 0.468 e. The van der Waals surface area contributed by atoms with Crippen LogP contribution in [0.4, 0.5) is 30.7 Å². The van der Waals surface area contributed by atoms with Crippen LogP contribution < -0.4 is 0 Å².